The first-order chi connectivity index (χ1) is 12.2. The molecule has 3 rings (SSSR count). The number of para-hydroxylation sites is 1. The molecule has 136 valence electrons. The van der Waals surface area contributed by atoms with Gasteiger partial charge in [-0.2, -0.15) is 0 Å². The second kappa shape index (κ2) is 8.45. The predicted octanol–water partition coefficient (Wildman–Crippen LogP) is 0.0936. The molecule has 2 heterocycles. The van der Waals surface area contributed by atoms with E-state index in [4.69, 9.17) is 4.74 Å². The van der Waals surface area contributed by atoms with Crippen LogP contribution in [-0.2, 0) is 20.7 Å². The molecule has 1 aromatic carbocycles. The number of nitrogens with zero attached hydrogens (tertiary/aromatic N) is 1. The van der Waals surface area contributed by atoms with E-state index in [1.807, 2.05) is 29.2 Å². The van der Waals surface area contributed by atoms with E-state index < -0.39 is 0 Å². The van der Waals surface area contributed by atoms with Crippen molar-refractivity contribution in [2.45, 2.75) is 32.3 Å². The number of hydrogen-bond donors (Lipinski definition) is 2. The number of rotatable bonds is 5. The van der Waals surface area contributed by atoms with Gasteiger partial charge in [0.05, 0.1) is 26.2 Å². The van der Waals surface area contributed by atoms with Gasteiger partial charge in [0.25, 0.3) is 11.8 Å². The first-order valence-corrected chi connectivity index (χ1v) is 9.29. The highest BCUT2D eigenvalue weighted by atomic mass is 16.5. The lowest BCUT2D eigenvalue weighted by Crippen LogP contribution is -3.15. The van der Waals surface area contributed by atoms with Crippen molar-refractivity contribution in [3.63, 3.8) is 0 Å². The number of benzene rings is 1. The number of carbonyl (C=O) groups excluding carboxylic acids is 2. The lowest BCUT2D eigenvalue weighted by molar-refractivity contribution is -0.895. The van der Waals surface area contributed by atoms with E-state index in [1.54, 1.807) is 0 Å². The Bertz CT molecular complexity index is 606. The summed E-state index contributed by atoms with van der Waals surface area (Å²) in [5, 5.41) is 3.03. The van der Waals surface area contributed by atoms with Gasteiger partial charge in [-0.15, -0.1) is 0 Å². The molecule has 2 saturated heterocycles. The Labute approximate surface area is 149 Å². The fourth-order valence-electron chi connectivity index (χ4n) is 3.57. The van der Waals surface area contributed by atoms with Crippen LogP contribution in [0.5, 0.6) is 0 Å². The van der Waals surface area contributed by atoms with Gasteiger partial charge < -0.3 is 19.9 Å². The molecule has 0 aliphatic carbocycles. The maximum Gasteiger partial charge on any atom is 0.279 e. The van der Waals surface area contributed by atoms with E-state index in [2.05, 4.69) is 12.2 Å². The van der Waals surface area contributed by atoms with Crippen molar-refractivity contribution < 1.29 is 19.2 Å². The Kier molecular flexibility index (Phi) is 6.04. The van der Waals surface area contributed by atoms with Crippen LogP contribution in [0.25, 0.3) is 0 Å². The number of quaternary nitrogens is 1. The van der Waals surface area contributed by atoms with Crippen LogP contribution < -0.4 is 10.2 Å². The zero-order valence-electron chi connectivity index (χ0n) is 14.9. The highest BCUT2D eigenvalue weighted by Gasteiger charge is 2.32. The van der Waals surface area contributed by atoms with Gasteiger partial charge in [-0.1, -0.05) is 25.1 Å². The minimum Gasteiger partial charge on any atom is -0.368 e. The number of piperazine rings is 1. The quantitative estimate of drug-likeness (QED) is 0.795. The molecule has 2 amide bonds. The summed E-state index contributed by atoms with van der Waals surface area (Å²) in [5.74, 6) is 0.160. The molecular weight excluding hydrogens is 318 g/mol. The average molecular weight is 346 g/mol. The zero-order chi connectivity index (χ0) is 17.6. The zero-order valence-corrected chi connectivity index (χ0v) is 14.9. The van der Waals surface area contributed by atoms with Crippen LogP contribution in [0.4, 0.5) is 5.69 Å². The number of anilines is 1. The highest BCUT2D eigenvalue weighted by Crippen LogP contribution is 2.15. The average Bonchev–Trinajstić information content (AvgIpc) is 3.17. The van der Waals surface area contributed by atoms with Crippen molar-refractivity contribution in [3.8, 4) is 0 Å². The van der Waals surface area contributed by atoms with Crippen molar-refractivity contribution in [1.29, 1.82) is 0 Å². The molecule has 0 saturated carbocycles. The maximum atomic E-state index is 12.4. The molecule has 6 heteroatoms. The third-order valence-corrected chi connectivity index (χ3v) is 5.07. The first kappa shape index (κ1) is 17.9. The van der Waals surface area contributed by atoms with Gasteiger partial charge in [0, 0.05) is 12.3 Å². The second-order valence-electron chi connectivity index (χ2n) is 6.81. The fourth-order valence-corrected chi connectivity index (χ4v) is 3.57. The lowest BCUT2D eigenvalue weighted by Gasteiger charge is -2.33. The van der Waals surface area contributed by atoms with E-state index in [1.165, 1.54) is 4.90 Å². The molecule has 6 nitrogen and oxygen atoms in total. The van der Waals surface area contributed by atoms with Gasteiger partial charge in [0.1, 0.15) is 6.10 Å². The standard InChI is InChI=1S/C19H27N3O3/c1-2-15-6-3-4-7-16(15)20-18(23)14-21-9-11-22(12-10-21)19(24)17-8-5-13-25-17/h3-4,6-7,17H,2,5,8-14H2,1H3,(H,20,23)/p+1/t17-/m0/s1. The molecule has 2 aliphatic heterocycles. The Morgan fingerprint density at radius 1 is 1.28 bits per heavy atom. The smallest absolute Gasteiger partial charge is 0.279 e. The Morgan fingerprint density at radius 3 is 2.72 bits per heavy atom. The summed E-state index contributed by atoms with van der Waals surface area (Å²) in [6.45, 7) is 6.24. The van der Waals surface area contributed by atoms with Gasteiger partial charge >= 0.3 is 0 Å². The molecule has 0 bridgehead atoms. The highest BCUT2D eigenvalue weighted by molar-refractivity contribution is 5.92. The Hall–Kier alpha value is -1.92. The van der Waals surface area contributed by atoms with Gasteiger partial charge in [-0.3, -0.25) is 9.59 Å². The van der Waals surface area contributed by atoms with Crippen molar-refractivity contribution >= 4 is 17.5 Å². The minimum absolute atomic E-state index is 0.0369. The molecule has 0 unspecified atom stereocenters. The van der Waals surface area contributed by atoms with Crippen LogP contribution in [0.3, 0.4) is 0 Å². The van der Waals surface area contributed by atoms with Crippen LogP contribution >= 0.6 is 0 Å². The van der Waals surface area contributed by atoms with Gasteiger partial charge in [0.2, 0.25) is 0 Å². The van der Waals surface area contributed by atoms with E-state index in [9.17, 15) is 9.59 Å². The summed E-state index contributed by atoms with van der Waals surface area (Å²) in [7, 11) is 0. The maximum absolute atomic E-state index is 12.4. The normalized spacial score (nSPS) is 21.3. The molecule has 0 aromatic heterocycles. The van der Waals surface area contributed by atoms with Crippen molar-refractivity contribution in [2.24, 2.45) is 0 Å². The van der Waals surface area contributed by atoms with Crippen molar-refractivity contribution in [1.82, 2.24) is 4.90 Å². The third-order valence-electron chi connectivity index (χ3n) is 5.07. The SMILES string of the molecule is CCc1ccccc1NC(=O)C[NH+]1CCN(C(=O)[C@@H]2CCCO2)CC1. The van der Waals surface area contributed by atoms with E-state index in [0.29, 0.717) is 26.2 Å². The summed E-state index contributed by atoms with van der Waals surface area (Å²) >= 11 is 0. The minimum atomic E-state index is -0.240. The molecule has 25 heavy (non-hydrogen) atoms. The number of carbonyl (C=O) groups is 2. The van der Waals surface area contributed by atoms with Crippen LogP contribution in [0, 0.1) is 0 Å². The number of aryl methyl sites for hydroxylation is 1. The second-order valence-corrected chi connectivity index (χ2v) is 6.81. The first-order valence-electron chi connectivity index (χ1n) is 9.29. The number of hydrogen-bond acceptors (Lipinski definition) is 3. The summed E-state index contributed by atoms with van der Waals surface area (Å²) in [5.41, 5.74) is 2.06. The van der Waals surface area contributed by atoms with Crippen molar-refractivity contribution in [2.75, 3.05) is 44.6 Å². The Morgan fingerprint density at radius 2 is 2.04 bits per heavy atom. The number of amides is 2. The third kappa shape index (κ3) is 4.58. The molecular formula is C19H28N3O3+. The predicted molar refractivity (Wildman–Crippen MR) is 95.6 cm³/mol. The van der Waals surface area contributed by atoms with Gasteiger partial charge in [-0.25, -0.2) is 0 Å². The van der Waals surface area contributed by atoms with Gasteiger partial charge in [-0.05, 0) is 30.9 Å². The number of ether oxygens (including phenoxy) is 1. The molecule has 1 aromatic rings. The molecule has 1 atom stereocenters. The van der Waals surface area contributed by atoms with Gasteiger partial charge in [0.15, 0.2) is 6.54 Å². The fraction of sp³-hybridized carbons (Fsp3) is 0.579. The summed E-state index contributed by atoms with van der Waals surface area (Å²) < 4.78 is 5.49. The van der Waals surface area contributed by atoms with Crippen LogP contribution in [0.1, 0.15) is 25.3 Å². The summed E-state index contributed by atoms with van der Waals surface area (Å²) in [4.78, 5) is 27.8. The van der Waals surface area contributed by atoms with E-state index >= 15 is 0 Å². The van der Waals surface area contributed by atoms with Crippen LogP contribution in [0.15, 0.2) is 24.3 Å². The Balaban J connectivity index is 1.45. The van der Waals surface area contributed by atoms with Crippen LogP contribution in [-0.4, -0.2) is 62.1 Å². The molecule has 2 N–H and O–H groups in total. The molecule has 0 spiro atoms. The van der Waals surface area contributed by atoms with Crippen LogP contribution in [0.2, 0.25) is 0 Å². The molecule has 2 fully saturated rings. The number of nitrogens with one attached hydrogen (secondary N) is 2. The van der Waals surface area contributed by atoms with E-state index in [0.717, 1.165) is 43.6 Å². The van der Waals surface area contributed by atoms with Crippen molar-refractivity contribution in [3.05, 3.63) is 29.8 Å². The largest absolute Gasteiger partial charge is 0.368 e. The lowest BCUT2D eigenvalue weighted by atomic mass is 10.1. The summed E-state index contributed by atoms with van der Waals surface area (Å²) in [6.07, 6.45) is 2.47. The topological polar surface area (TPSA) is 63.1 Å². The van der Waals surface area contributed by atoms with E-state index in [-0.39, 0.29) is 17.9 Å². The monoisotopic (exact) mass is 346 g/mol. The molecule has 0 radical (unpaired) electrons. The molecule has 2 aliphatic rings. The summed E-state index contributed by atoms with van der Waals surface area (Å²) in [6, 6.07) is 7.92.